The summed E-state index contributed by atoms with van der Waals surface area (Å²) in [5.41, 5.74) is 4.76. The normalized spacial score (nSPS) is 15.5. The summed E-state index contributed by atoms with van der Waals surface area (Å²) in [6, 6.07) is 19.0. The fourth-order valence-electron chi connectivity index (χ4n) is 3.95. The highest BCUT2D eigenvalue weighted by molar-refractivity contribution is 6.24. The Bertz CT molecular complexity index is 1220. The number of carboxylic acid groups (broad SMARTS) is 1. The molecule has 0 bridgehead atoms. The number of halogens is 1. The molecule has 1 amide bonds. The number of aliphatic imine (C=N–C) groups is 1. The van der Waals surface area contributed by atoms with Gasteiger partial charge in [0, 0.05) is 12.2 Å². The molecule has 3 aromatic rings. The van der Waals surface area contributed by atoms with Crippen molar-refractivity contribution in [2.24, 2.45) is 4.99 Å². The zero-order valence-electron chi connectivity index (χ0n) is 18.4. The molecule has 1 atom stereocenters. The zero-order chi connectivity index (χ0) is 23.5. The van der Waals surface area contributed by atoms with Gasteiger partial charge in [-0.15, -0.1) is 0 Å². The van der Waals surface area contributed by atoms with Gasteiger partial charge in [-0.2, -0.15) is 0 Å². The van der Waals surface area contributed by atoms with Crippen LogP contribution in [0.1, 0.15) is 28.2 Å². The highest BCUT2D eigenvalue weighted by atomic mass is 19.1. The lowest BCUT2D eigenvalue weighted by Gasteiger charge is -2.15. The number of hydrogen-bond donors (Lipinski definition) is 2. The Balaban J connectivity index is 1.77. The number of nitrogens with zero attached hydrogens (tertiary/aromatic N) is 2. The fourth-order valence-corrected chi connectivity index (χ4v) is 3.95. The molecule has 4 rings (SSSR count). The molecule has 33 heavy (non-hydrogen) atoms. The van der Waals surface area contributed by atoms with Crippen LogP contribution in [0.4, 0.5) is 15.8 Å². The van der Waals surface area contributed by atoms with Crippen LogP contribution >= 0.6 is 0 Å². The number of amides is 1. The van der Waals surface area contributed by atoms with Crippen molar-refractivity contribution in [1.82, 2.24) is 4.90 Å². The zero-order valence-corrected chi connectivity index (χ0v) is 18.4. The molecule has 0 aromatic heterocycles. The lowest BCUT2D eigenvalue weighted by atomic mass is 9.90. The maximum atomic E-state index is 13.7. The Kier molecular flexibility index (Phi) is 6.33. The van der Waals surface area contributed by atoms with Gasteiger partial charge in [0.15, 0.2) is 0 Å². The van der Waals surface area contributed by atoms with Gasteiger partial charge in [0.2, 0.25) is 5.91 Å². The molecule has 1 unspecified atom stereocenters. The molecule has 0 spiro atoms. The van der Waals surface area contributed by atoms with Crippen molar-refractivity contribution in [3.05, 3.63) is 94.8 Å². The number of aliphatic carboxylic acids is 1. The Morgan fingerprint density at radius 1 is 1.03 bits per heavy atom. The van der Waals surface area contributed by atoms with E-state index in [9.17, 15) is 14.0 Å². The summed E-state index contributed by atoms with van der Waals surface area (Å²) in [5.74, 6) is -2.34. The van der Waals surface area contributed by atoms with Crippen LogP contribution in [0.5, 0.6) is 0 Å². The highest BCUT2D eigenvalue weighted by Crippen LogP contribution is 2.36. The Morgan fingerprint density at radius 3 is 2.33 bits per heavy atom. The molecule has 7 heteroatoms. The van der Waals surface area contributed by atoms with Crippen LogP contribution in [0, 0.1) is 5.82 Å². The van der Waals surface area contributed by atoms with E-state index in [1.54, 1.807) is 30.3 Å². The smallest absolute Gasteiger partial charge is 0.307 e. The third kappa shape index (κ3) is 5.15. The van der Waals surface area contributed by atoms with E-state index < -0.39 is 17.7 Å². The number of carboxylic acids is 1. The van der Waals surface area contributed by atoms with Gasteiger partial charge in [-0.1, -0.05) is 42.5 Å². The SMILES string of the molecule is CN(C)Cc1ccc(N=C(c2ccc(CC(=O)O)cc2)C2C(=O)Nc3cc(F)ccc32)cc1. The summed E-state index contributed by atoms with van der Waals surface area (Å²) < 4.78 is 13.7. The molecule has 1 aliphatic rings. The lowest BCUT2D eigenvalue weighted by molar-refractivity contribution is -0.136. The van der Waals surface area contributed by atoms with Crippen molar-refractivity contribution in [2.75, 3.05) is 19.4 Å². The van der Waals surface area contributed by atoms with Gasteiger partial charge in [-0.05, 0) is 60.6 Å². The standard InChI is InChI=1S/C26H24FN3O3/c1-30(2)15-17-5-10-20(11-6-17)28-25(18-7-3-16(4-8-18)13-23(31)32)24-21-12-9-19(27)14-22(21)29-26(24)33/h3-12,14,24H,13,15H2,1-2H3,(H,29,33)(H,31,32). The molecule has 1 heterocycles. The second-order valence-corrected chi connectivity index (χ2v) is 8.32. The maximum Gasteiger partial charge on any atom is 0.307 e. The van der Waals surface area contributed by atoms with Gasteiger partial charge >= 0.3 is 5.97 Å². The van der Waals surface area contributed by atoms with Crippen LogP contribution in [0.2, 0.25) is 0 Å². The Hall–Kier alpha value is -3.84. The van der Waals surface area contributed by atoms with Gasteiger partial charge in [-0.3, -0.25) is 14.6 Å². The number of hydrogen-bond acceptors (Lipinski definition) is 4. The Labute approximate surface area is 191 Å². The first-order chi connectivity index (χ1) is 15.8. The summed E-state index contributed by atoms with van der Waals surface area (Å²) in [5, 5.41) is 11.8. The first kappa shape index (κ1) is 22.4. The number of rotatable bonds is 7. The quantitative estimate of drug-likeness (QED) is 0.529. The van der Waals surface area contributed by atoms with Crippen molar-refractivity contribution >= 4 is 29.0 Å². The van der Waals surface area contributed by atoms with E-state index in [0.717, 1.165) is 12.1 Å². The molecule has 2 N–H and O–H groups in total. The summed E-state index contributed by atoms with van der Waals surface area (Å²) in [7, 11) is 3.99. The van der Waals surface area contributed by atoms with Gasteiger partial charge in [0.25, 0.3) is 0 Å². The first-order valence-corrected chi connectivity index (χ1v) is 10.5. The van der Waals surface area contributed by atoms with Crippen LogP contribution in [-0.4, -0.2) is 41.7 Å². The van der Waals surface area contributed by atoms with Crippen molar-refractivity contribution in [3.8, 4) is 0 Å². The minimum Gasteiger partial charge on any atom is -0.481 e. The largest absolute Gasteiger partial charge is 0.481 e. The molecule has 0 aliphatic carbocycles. The minimum atomic E-state index is -0.916. The molecule has 0 saturated heterocycles. The molecule has 6 nitrogen and oxygen atoms in total. The number of nitrogens with one attached hydrogen (secondary N) is 1. The van der Waals surface area contributed by atoms with Gasteiger partial charge in [-0.25, -0.2) is 4.39 Å². The third-order valence-electron chi connectivity index (χ3n) is 5.41. The topological polar surface area (TPSA) is 82.0 Å². The van der Waals surface area contributed by atoms with Crippen molar-refractivity contribution < 1.29 is 19.1 Å². The van der Waals surface area contributed by atoms with Gasteiger partial charge < -0.3 is 15.3 Å². The van der Waals surface area contributed by atoms with E-state index in [2.05, 4.69) is 10.2 Å². The van der Waals surface area contributed by atoms with Gasteiger partial charge in [0.1, 0.15) is 11.7 Å². The van der Waals surface area contributed by atoms with E-state index in [0.29, 0.717) is 33.8 Å². The average Bonchev–Trinajstić information content (AvgIpc) is 3.07. The molecular weight excluding hydrogens is 421 g/mol. The summed E-state index contributed by atoms with van der Waals surface area (Å²) in [4.78, 5) is 30.9. The first-order valence-electron chi connectivity index (χ1n) is 10.5. The van der Waals surface area contributed by atoms with E-state index in [4.69, 9.17) is 10.1 Å². The highest BCUT2D eigenvalue weighted by Gasteiger charge is 2.35. The second-order valence-electron chi connectivity index (χ2n) is 8.32. The number of fused-ring (bicyclic) bond motifs is 1. The number of carbonyl (C=O) groups excluding carboxylic acids is 1. The number of carbonyl (C=O) groups is 2. The van der Waals surface area contributed by atoms with Crippen LogP contribution in [0.15, 0.2) is 71.7 Å². The molecule has 1 aliphatic heterocycles. The van der Waals surface area contributed by atoms with E-state index in [-0.39, 0.29) is 12.3 Å². The van der Waals surface area contributed by atoms with Crippen LogP contribution in [0.25, 0.3) is 0 Å². The molecule has 3 aromatic carbocycles. The predicted octanol–water partition coefficient (Wildman–Crippen LogP) is 4.37. The van der Waals surface area contributed by atoms with Crippen molar-refractivity contribution in [2.45, 2.75) is 18.9 Å². The molecule has 0 radical (unpaired) electrons. The molecular formula is C26H24FN3O3. The van der Waals surface area contributed by atoms with Crippen molar-refractivity contribution in [1.29, 1.82) is 0 Å². The van der Waals surface area contributed by atoms with Gasteiger partial charge in [0.05, 0.1) is 17.8 Å². The minimum absolute atomic E-state index is 0.0912. The predicted molar refractivity (Wildman–Crippen MR) is 126 cm³/mol. The molecule has 168 valence electrons. The van der Waals surface area contributed by atoms with Crippen molar-refractivity contribution in [3.63, 3.8) is 0 Å². The number of anilines is 1. The summed E-state index contributed by atoms with van der Waals surface area (Å²) >= 11 is 0. The average molecular weight is 445 g/mol. The van der Waals surface area contributed by atoms with E-state index in [1.807, 2.05) is 38.4 Å². The van der Waals surface area contributed by atoms with Crippen LogP contribution in [-0.2, 0) is 22.6 Å². The Morgan fingerprint density at radius 2 is 1.70 bits per heavy atom. The van der Waals surface area contributed by atoms with E-state index in [1.165, 1.54) is 12.1 Å². The molecule has 0 fully saturated rings. The number of benzene rings is 3. The maximum absolute atomic E-state index is 13.7. The monoisotopic (exact) mass is 445 g/mol. The molecule has 0 saturated carbocycles. The van der Waals surface area contributed by atoms with Crippen LogP contribution < -0.4 is 5.32 Å². The van der Waals surface area contributed by atoms with Crippen LogP contribution in [0.3, 0.4) is 0 Å². The lowest BCUT2D eigenvalue weighted by Crippen LogP contribution is -2.22. The summed E-state index contributed by atoms with van der Waals surface area (Å²) in [6.07, 6.45) is -0.0912. The third-order valence-corrected chi connectivity index (χ3v) is 5.41. The second kappa shape index (κ2) is 9.34. The fraction of sp³-hybridized carbons (Fsp3) is 0.192. The summed E-state index contributed by atoms with van der Waals surface area (Å²) in [6.45, 7) is 0.797. The van der Waals surface area contributed by atoms with E-state index >= 15 is 0 Å².